The van der Waals surface area contributed by atoms with Gasteiger partial charge in [-0.05, 0) is 61.9 Å². The summed E-state index contributed by atoms with van der Waals surface area (Å²) in [5, 5.41) is 2.44. The normalized spacial score (nSPS) is 16.3. The number of benzene rings is 1. The number of carbonyl (C=O) groups is 2. The van der Waals surface area contributed by atoms with E-state index in [0.29, 0.717) is 17.8 Å². The van der Waals surface area contributed by atoms with Gasteiger partial charge in [0, 0.05) is 38.6 Å². The Kier molecular flexibility index (Phi) is 5.47. The second kappa shape index (κ2) is 8.19. The highest BCUT2D eigenvalue weighted by atomic mass is 19.1. The SMILES string of the molecule is CNC(=O)c1ccc(N2CCCc3cc(C(=O)N4CCCCC4)cnc32)cc1F. The summed E-state index contributed by atoms with van der Waals surface area (Å²) in [5.74, 6) is -0.227. The number of anilines is 2. The molecule has 2 aromatic rings. The van der Waals surface area contributed by atoms with Crippen LogP contribution in [0.3, 0.4) is 0 Å². The summed E-state index contributed by atoms with van der Waals surface area (Å²) in [6, 6.07) is 6.53. The third-order valence-electron chi connectivity index (χ3n) is 5.65. The minimum absolute atomic E-state index is 0.0175. The van der Waals surface area contributed by atoms with Crippen molar-refractivity contribution in [3.63, 3.8) is 0 Å². The van der Waals surface area contributed by atoms with Crippen molar-refractivity contribution < 1.29 is 14.0 Å². The molecule has 2 amide bonds. The molecule has 1 N–H and O–H groups in total. The van der Waals surface area contributed by atoms with E-state index in [1.54, 1.807) is 12.3 Å². The first-order valence-corrected chi connectivity index (χ1v) is 10.2. The first kappa shape index (κ1) is 19.4. The van der Waals surface area contributed by atoms with Gasteiger partial charge >= 0.3 is 0 Å². The molecular formula is C22H25FN4O2. The third-order valence-corrected chi connectivity index (χ3v) is 5.65. The Labute approximate surface area is 169 Å². The van der Waals surface area contributed by atoms with Crippen LogP contribution in [0.1, 0.15) is 52.0 Å². The number of hydrogen-bond acceptors (Lipinski definition) is 4. The number of aryl methyl sites for hydroxylation is 1. The van der Waals surface area contributed by atoms with Crippen LogP contribution in [0.25, 0.3) is 0 Å². The zero-order valence-electron chi connectivity index (χ0n) is 16.6. The van der Waals surface area contributed by atoms with Gasteiger partial charge in [-0.15, -0.1) is 0 Å². The van der Waals surface area contributed by atoms with E-state index < -0.39 is 11.7 Å². The number of carbonyl (C=O) groups excluding carboxylic acids is 2. The van der Waals surface area contributed by atoms with Crippen LogP contribution in [0.2, 0.25) is 0 Å². The summed E-state index contributed by atoms with van der Waals surface area (Å²) >= 11 is 0. The largest absolute Gasteiger partial charge is 0.355 e. The Morgan fingerprint density at radius 1 is 1.07 bits per heavy atom. The third kappa shape index (κ3) is 3.81. The number of nitrogens with zero attached hydrogens (tertiary/aromatic N) is 3. The van der Waals surface area contributed by atoms with Gasteiger partial charge in [0.2, 0.25) is 0 Å². The molecule has 0 spiro atoms. The minimum atomic E-state index is -0.564. The van der Waals surface area contributed by atoms with E-state index in [1.165, 1.54) is 25.6 Å². The van der Waals surface area contributed by atoms with Crippen LogP contribution in [0.4, 0.5) is 15.9 Å². The average molecular weight is 396 g/mol. The number of fused-ring (bicyclic) bond motifs is 1. The quantitative estimate of drug-likeness (QED) is 0.865. The zero-order chi connectivity index (χ0) is 20.4. The summed E-state index contributed by atoms with van der Waals surface area (Å²) in [4.78, 5) is 33.0. The molecule has 3 heterocycles. The first-order valence-electron chi connectivity index (χ1n) is 10.2. The van der Waals surface area contributed by atoms with Crippen molar-refractivity contribution in [2.75, 3.05) is 31.6 Å². The number of halogens is 1. The molecule has 1 aromatic carbocycles. The molecule has 1 fully saturated rings. The number of nitrogens with one attached hydrogen (secondary N) is 1. The fourth-order valence-corrected chi connectivity index (χ4v) is 4.10. The second-order valence-electron chi connectivity index (χ2n) is 7.56. The monoisotopic (exact) mass is 396 g/mol. The van der Waals surface area contributed by atoms with Crippen molar-refractivity contribution in [1.29, 1.82) is 0 Å². The van der Waals surface area contributed by atoms with Crippen LogP contribution in [-0.2, 0) is 6.42 Å². The average Bonchev–Trinajstić information content (AvgIpc) is 2.77. The molecular weight excluding hydrogens is 371 g/mol. The lowest BCUT2D eigenvalue weighted by Gasteiger charge is -2.31. The van der Waals surface area contributed by atoms with Crippen molar-refractivity contribution in [1.82, 2.24) is 15.2 Å². The maximum atomic E-state index is 14.4. The number of amides is 2. The van der Waals surface area contributed by atoms with E-state index in [4.69, 9.17) is 0 Å². The molecule has 0 unspecified atom stereocenters. The molecule has 1 saturated heterocycles. The van der Waals surface area contributed by atoms with E-state index in [9.17, 15) is 14.0 Å². The van der Waals surface area contributed by atoms with Gasteiger partial charge in [0.15, 0.2) is 0 Å². The Hall–Kier alpha value is -2.96. The highest BCUT2D eigenvalue weighted by Gasteiger charge is 2.24. The van der Waals surface area contributed by atoms with Gasteiger partial charge in [0.1, 0.15) is 11.6 Å². The number of rotatable bonds is 3. The molecule has 0 radical (unpaired) electrons. The molecule has 7 heteroatoms. The molecule has 0 bridgehead atoms. The summed E-state index contributed by atoms with van der Waals surface area (Å²) in [6.07, 6.45) is 6.62. The highest BCUT2D eigenvalue weighted by Crippen LogP contribution is 2.33. The van der Waals surface area contributed by atoms with Gasteiger partial charge in [0.25, 0.3) is 11.8 Å². The summed E-state index contributed by atoms with van der Waals surface area (Å²) in [7, 11) is 1.48. The molecule has 2 aliphatic rings. The fourth-order valence-electron chi connectivity index (χ4n) is 4.10. The molecule has 0 saturated carbocycles. The number of hydrogen-bond donors (Lipinski definition) is 1. The van der Waals surface area contributed by atoms with E-state index >= 15 is 0 Å². The van der Waals surface area contributed by atoms with Crippen LogP contribution in [0.5, 0.6) is 0 Å². The first-order chi connectivity index (χ1) is 14.1. The van der Waals surface area contributed by atoms with Gasteiger partial charge in [-0.25, -0.2) is 9.37 Å². The summed E-state index contributed by atoms with van der Waals surface area (Å²) in [6.45, 7) is 2.32. The maximum Gasteiger partial charge on any atom is 0.255 e. The second-order valence-corrected chi connectivity index (χ2v) is 7.56. The molecule has 2 aliphatic heterocycles. The number of likely N-dealkylation sites (tertiary alicyclic amines) is 1. The standard InChI is InChI=1S/C22H25FN4O2/c1-24-21(28)18-8-7-17(13-19(18)23)27-11-5-6-15-12-16(14-25-20(15)27)22(29)26-9-3-2-4-10-26/h7-8,12-14H,2-6,9-11H2,1H3,(H,24,28). The number of pyridine rings is 1. The minimum Gasteiger partial charge on any atom is -0.355 e. The molecule has 1 aromatic heterocycles. The van der Waals surface area contributed by atoms with Crippen LogP contribution >= 0.6 is 0 Å². The predicted octanol–water partition coefficient (Wildman–Crippen LogP) is 3.29. The van der Waals surface area contributed by atoms with Gasteiger partial charge in [-0.3, -0.25) is 9.59 Å². The van der Waals surface area contributed by atoms with E-state index in [0.717, 1.165) is 50.2 Å². The van der Waals surface area contributed by atoms with E-state index in [1.807, 2.05) is 15.9 Å². The van der Waals surface area contributed by atoms with Gasteiger partial charge in [0.05, 0.1) is 11.1 Å². The van der Waals surface area contributed by atoms with Crippen molar-refractivity contribution in [2.45, 2.75) is 32.1 Å². The topological polar surface area (TPSA) is 65.5 Å². The van der Waals surface area contributed by atoms with Gasteiger partial charge in [-0.1, -0.05) is 0 Å². The van der Waals surface area contributed by atoms with Crippen LogP contribution in [0, 0.1) is 5.82 Å². The smallest absolute Gasteiger partial charge is 0.255 e. The maximum absolute atomic E-state index is 14.4. The Morgan fingerprint density at radius 3 is 2.59 bits per heavy atom. The van der Waals surface area contributed by atoms with Crippen molar-refractivity contribution >= 4 is 23.3 Å². The molecule has 4 rings (SSSR count). The summed E-state index contributed by atoms with van der Waals surface area (Å²) in [5.41, 5.74) is 2.28. The fraction of sp³-hybridized carbons (Fsp3) is 0.409. The Bertz CT molecular complexity index is 940. The Balaban J connectivity index is 1.61. The van der Waals surface area contributed by atoms with E-state index in [-0.39, 0.29) is 11.5 Å². The lowest BCUT2D eigenvalue weighted by atomic mass is 10.0. The lowest BCUT2D eigenvalue weighted by Crippen LogP contribution is -2.36. The zero-order valence-corrected chi connectivity index (χ0v) is 16.6. The molecule has 0 aliphatic carbocycles. The summed E-state index contributed by atoms with van der Waals surface area (Å²) < 4.78 is 14.4. The van der Waals surface area contributed by atoms with Crippen molar-refractivity contribution in [3.05, 3.63) is 53.0 Å². The van der Waals surface area contributed by atoms with Gasteiger partial charge in [-0.2, -0.15) is 0 Å². The van der Waals surface area contributed by atoms with Crippen LogP contribution in [0.15, 0.2) is 30.5 Å². The molecule has 6 nitrogen and oxygen atoms in total. The molecule has 29 heavy (non-hydrogen) atoms. The Morgan fingerprint density at radius 2 is 1.86 bits per heavy atom. The highest BCUT2D eigenvalue weighted by molar-refractivity contribution is 5.95. The number of aromatic nitrogens is 1. The number of piperidine rings is 1. The van der Waals surface area contributed by atoms with Crippen LogP contribution in [-0.4, -0.2) is 48.4 Å². The molecule has 152 valence electrons. The lowest BCUT2D eigenvalue weighted by molar-refractivity contribution is 0.0723. The van der Waals surface area contributed by atoms with Crippen molar-refractivity contribution in [2.24, 2.45) is 0 Å². The van der Waals surface area contributed by atoms with Gasteiger partial charge < -0.3 is 15.1 Å². The van der Waals surface area contributed by atoms with E-state index in [2.05, 4.69) is 10.3 Å². The predicted molar refractivity (Wildman–Crippen MR) is 109 cm³/mol. The molecule has 0 atom stereocenters. The van der Waals surface area contributed by atoms with Crippen molar-refractivity contribution in [3.8, 4) is 0 Å². The van der Waals surface area contributed by atoms with Crippen LogP contribution < -0.4 is 10.2 Å².